The van der Waals surface area contributed by atoms with Gasteiger partial charge in [-0.2, -0.15) is 0 Å². The maximum absolute atomic E-state index is 12.1. The summed E-state index contributed by atoms with van der Waals surface area (Å²) in [4.78, 5) is 24.2. The molecular weight excluding hydrogens is 292 g/mol. The van der Waals surface area contributed by atoms with Crippen LogP contribution in [-0.4, -0.2) is 25.2 Å². The van der Waals surface area contributed by atoms with Crippen LogP contribution in [0.15, 0.2) is 0 Å². The lowest BCUT2D eigenvalue weighted by atomic mass is 9.81. The Morgan fingerprint density at radius 2 is 1.26 bits per heavy atom. The highest BCUT2D eigenvalue weighted by Crippen LogP contribution is 2.31. The van der Waals surface area contributed by atoms with Crippen molar-refractivity contribution in [1.29, 1.82) is 0 Å². The van der Waals surface area contributed by atoms with Gasteiger partial charge >= 0.3 is 11.9 Å². The molecule has 2 atom stereocenters. The van der Waals surface area contributed by atoms with Crippen molar-refractivity contribution in [2.75, 3.05) is 13.2 Å². The molecule has 0 aromatic rings. The van der Waals surface area contributed by atoms with Crippen LogP contribution in [0.5, 0.6) is 0 Å². The molecule has 1 aliphatic rings. The van der Waals surface area contributed by atoms with Gasteiger partial charge < -0.3 is 9.47 Å². The average molecular weight is 326 g/mol. The smallest absolute Gasteiger partial charge is 0.308 e. The highest BCUT2D eigenvalue weighted by molar-refractivity contribution is 5.76. The topological polar surface area (TPSA) is 52.6 Å². The highest BCUT2D eigenvalue weighted by atomic mass is 16.5. The summed E-state index contributed by atoms with van der Waals surface area (Å²) in [7, 11) is 0. The maximum Gasteiger partial charge on any atom is 0.308 e. The van der Waals surface area contributed by atoms with Crippen LogP contribution in [-0.2, 0) is 19.1 Å². The minimum absolute atomic E-state index is 0.120. The van der Waals surface area contributed by atoms with Crippen LogP contribution >= 0.6 is 0 Å². The number of carbonyl (C=O) groups excluding carboxylic acids is 2. The van der Waals surface area contributed by atoms with Crippen molar-refractivity contribution in [2.45, 2.75) is 84.5 Å². The van der Waals surface area contributed by atoms with E-state index >= 15 is 0 Å². The van der Waals surface area contributed by atoms with Gasteiger partial charge in [0.2, 0.25) is 0 Å². The van der Waals surface area contributed by atoms with E-state index in [1.165, 1.54) is 12.8 Å². The van der Waals surface area contributed by atoms with E-state index in [2.05, 4.69) is 13.8 Å². The van der Waals surface area contributed by atoms with E-state index in [0.717, 1.165) is 51.4 Å². The summed E-state index contributed by atoms with van der Waals surface area (Å²) < 4.78 is 10.7. The third kappa shape index (κ3) is 8.38. The maximum atomic E-state index is 12.1. The minimum Gasteiger partial charge on any atom is -0.465 e. The lowest BCUT2D eigenvalue weighted by Crippen LogP contribution is -2.30. The molecule has 1 saturated carbocycles. The van der Waals surface area contributed by atoms with Gasteiger partial charge in [0, 0.05) is 0 Å². The van der Waals surface area contributed by atoms with E-state index in [4.69, 9.17) is 9.47 Å². The van der Waals surface area contributed by atoms with Crippen molar-refractivity contribution >= 4 is 11.9 Å². The summed E-state index contributed by atoms with van der Waals surface area (Å²) >= 11 is 0. The van der Waals surface area contributed by atoms with E-state index < -0.39 is 0 Å². The Morgan fingerprint density at radius 3 is 1.78 bits per heavy atom. The molecule has 0 heterocycles. The molecule has 0 aromatic heterocycles. The third-order valence-electron chi connectivity index (χ3n) is 4.58. The SMILES string of the molecule is CCCCCCOC(=O)C1CCCC(C(=O)OCCCCC)C1. The first-order valence-corrected chi connectivity index (χ1v) is 9.52. The van der Waals surface area contributed by atoms with Gasteiger partial charge in [-0.3, -0.25) is 9.59 Å². The van der Waals surface area contributed by atoms with Crippen LogP contribution in [0.25, 0.3) is 0 Å². The van der Waals surface area contributed by atoms with E-state index in [9.17, 15) is 9.59 Å². The number of esters is 2. The summed E-state index contributed by atoms with van der Waals surface area (Å²) in [5, 5.41) is 0. The molecule has 0 aliphatic heterocycles. The first kappa shape index (κ1) is 20.0. The summed E-state index contributed by atoms with van der Waals surface area (Å²) in [6, 6.07) is 0. The van der Waals surface area contributed by atoms with Gasteiger partial charge in [-0.25, -0.2) is 0 Å². The van der Waals surface area contributed by atoms with Gasteiger partial charge in [-0.15, -0.1) is 0 Å². The van der Waals surface area contributed by atoms with Crippen LogP contribution in [0.3, 0.4) is 0 Å². The standard InChI is InChI=1S/C19H34O4/c1-3-5-7-9-14-23-19(21)17-12-10-11-16(15-17)18(20)22-13-8-6-4-2/h16-17H,3-15H2,1-2H3. The molecule has 0 N–H and O–H groups in total. The zero-order chi connectivity index (χ0) is 16.9. The Balaban J connectivity index is 2.24. The van der Waals surface area contributed by atoms with E-state index in [1.54, 1.807) is 0 Å². The Labute approximate surface area is 141 Å². The first-order valence-electron chi connectivity index (χ1n) is 9.52. The predicted octanol–water partition coefficient (Wildman–Crippen LogP) is 4.65. The first-order chi connectivity index (χ1) is 11.2. The van der Waals surface area contributed by atoms with Gasteiger partial charge in [0.25, 0.3) is 0 Å². The summed E-state index contributed by atoms with van der Waals surface area (Å²) in [6.07, 6.45) is 10.7. The fourth-order valence-electron chi connectivity index (χ4n) is 3.08. The Kier molecular flexibility index (Phi) is 10.8. The van der Waals surface area contributed by atoms with Gasteiger partial charge in [-0.1, -0.05) is 52.4 Å². The average Bonchev–Trinajstić information content (AvgIpc) is 2.58. The van der Waals surface area contributed by atoms with Gasteiger partial charge in [0.15, 0.2) is 0 Å². The largest absolute Gasteiger partial charge is 0.465 e. The molecule has 4 nitrogen and oxygen atoms in total. The van der Waals surface area contributed by atoms with E-state index in [1.807, 2.05) is 0 Å². The van der Waals surface area contributed by atoms with Crippen LogP contribution in [0.1, 0.15) is 84.5 Å². The van der Waals surface area contributed by atoms with Crippen molar-refractivity contribution in [1.82, 2.24) is 0 Å². The third-order valence-corrected chi connectivity index (χ3v) is 4.58. The van der Waals surface area contributed by atoms with Gasteiger partial charge in [-0.05, 0) is 32.1 Å². The van der Waals surface area contributed by atoms with Crippen molar-refractivity contribution in [3.05, 3.63) is 0 Å². The minimum atomic E-state index is -0.124. The molecule has 1 aliphatic carbocycles. The fourth-order valence-corrected chi connectivity index (χ4v) is 3.08. The van der Waals surface area contributed by atoms with Crippen LogP contribution in [0.4, 0.5) is 0 Å². The second-order valence-corrected chi connectivity index (χ2v) is 6.66. The Hall–Kier alpha value is -1.06. The monoisotopic (exact) mass is 326 g/mol. The molecule has 0 radical (unpaired) electrons. The molecular formula is C19H34O4. The molecule has 0 amide bonds. The molecule has 1 rings (SSSR count). The summed E-state index contributed by atoms with van der Waals surface area (Å²) in [6.45, 7) is 5.31. The normalized spacial score (nSPS) is 21.0. The number of rotatable bonds is 11. The molecule has 0 saturated heterocycles. The van der Waals surface area contributed by atoms with Gasteiger partial charge in [0.05, 0.1) is 25.0 Å². The fraction of sp³-hybridized carbons (Fsp3) is 0.895. The lowest BCUT2D eigenvalue weighted by molar-refractivity contribution is -0.155. The number of hydrogen-bond donors (Lipinski definition) is 0. The summed E-state index contributed by atoms with van der Waals surface area (Å²) in [5.41, 5.74) is 0. The molecule has 4 heteroatoms. The molecule has 0 bridgehead atoms. The number of unbranched alkanes of at least 4 members (excludes halogenated alkanes) is 5. The summed E-state index contributed by atoms with van der Waals surface area (Å²) in [5.74, 6) is -0.488. The number of carbonyl (C=O) groups is 2. The molecule has 134 valence electrons. The van der Waals surface area contributed by atoms with Crippen LogP contribution in [0.2, 0.25) is 0 Å². The van der Waals surface area contributed by atoms with Crippen molar-refractivity contribution in [3.63, 3.8) is 0 Å². The Morgan fingerprint density at radius 1 is 0.783 bits per heavy atom. The quantitative estimate of drug-likeness (QED) is 0.410. The predicted molar refractivity (Wildman–Crippen MR) is 91.0 cm³/mol. The van der Waals surface area contributed by atoms with Crippen LogP contribution in [0, 0.1) is 11.8 Å². The molecule has 23 heavy (non-hydrogen) atoms. The zero-order valence-corrected chi connectivity index (χ0v) is 15.0. The van der Waals surface area contributed by atoms with Crippen LogP contribution < -0.4 is 0 Å². The molecule has 0 aromatic carbocycles. The molecule has 1 fully saturated rings. The molecule has 2 unspecified atom stereocenters. The zero-order valence-electron chi connectivity index (χ0n) is 15.0. The van der Waals surface area contributed by atoms with Crippen molar-refractivity contribution < 1.29 is 19.1 Å². The van der Waals surface area contributed by atoms with E-state index in [0.29, 0.717) is 19.6 Å². The van der Waals surface area contributed by atoms with Crippen molar-refractivity contribution in [2.24, 2.45) is 11.8 Å². The van der Waals surface area contributed by atoms with E-state index in [-0.39, 0.29) is 23.8 Å². The number of ether oxygens (including phenoxy) is 2. The molecule has 0 spiro atoms. The lowest BCUT2D eigenvalue weighted by Gasteiger charge is -2.26. The van der Waals surface area contributed by atoms with Crippen molar-refractivity contribution in [3.8, 4) is 0 Å². The Bertz CT molecular complexity index is 340. The highest BCUT2D eigenvalue weighted by Gasteiger charge is 2.32. The second-order valence-electron chi connectivity index (χ2n) is 6.66. The second kappa shape index (κ2) is 12.4. The van der Waals surface area contributed by atoms with Gasteiger partial charge in [0.1, 0.15) is 0 Å². The number of hydrogen-bond acceptors (Lipinski definition) is 4.